The number of rotatable bonds is 3. The van der Waals surface area contributed by atoms with Gasteiger partial charge in [-0.15, -0.1) is 11.3 Å². The lowest BCUT2D eigenvalue weighted by Gasteiger charge is -2.33. The summed E-state index contributed by atoms with van der Waals surface area (Å²) >= 11 is 1.77. The molecule has 1 heterocycles. The molecule has 4 rings (SSSR count). The molecule has 2 aromatic carbocycles. The van der Waals surface area contributed by atoms with E-state index in [1.807, 2.05) is 18.2 Å². The summed E-state index contributed by atoms with van der Waals surface area (Å²) in [6.07, 6.45) is 2.66. The van der Waals surface area contributed by atoms with Gasteiger partial charge in [-0.3, -0.25) is 0 Å². The molecule has 1 aliphatic rings. The third kappa shape index (κ3) is 2.72. The normalized spacial score (nSPS) is 19.8. The minimum Gasteiger partial charge on any atom is -0.497 e. The van der Waals surface area contributed by atoms with E-state index in [1.165, 1.54) is 16.1 Å². The lowest BCUT2D eigenvalue weighted by atomic mass is 9.78. The van der Waals surface area contributed by atoms with E-state index < -0.39 is 0 Å². The lowest BCUT2D eigenvalue weighted by Crippen LogP contribution is -2.41. The van der Waals surface area contributed by atoms with E-state index in [4.69, 9.17) is 15.5 Å². The van der Waals surface area contributed by atoms with Crippen molar-refractivity contribution < 1.29 is 4.74 Å². The second-order valence-corrected chi connectivity index (χ2v) is 7.40. The highest BCUT2D eigenvalue weighted by molar-refractivity contribution is 7.15. The molecule has 0 saturated heterocycles. The van der Waals surface area contributed by atoms with Crippen molar-refractivity contribution in [1.29, 1.82) is 0 Å². The lowest BCUT2D eigenvalue weighted by molar-refractivity contribution is 0.379. The zero-order chi connectivity index (χ0) is 16.6. The zero-order valence-corrected chi connectivity index (χ0v) is 14.5. The van der Waals surface area contributed by atoms with Crippen LogP contribution in [0.2, 0.25) is 0 Å². The van der Waals surface area contributed by atoms with Gasteiger partial charge in [0.05, 0.1) is 12.8 Å². The molecule has 0 amide bonds. The number of thiazole rings is 1. The van der Waals surface area contributed by atoms with Crippen molar-refractivity contribution >= 4 is 11.3 Å². The molecule has 2 N–H and O–H groups in total. The van der Waals surface area contributed by atoms with Gasteiger partial charge >= 0.3 is 0 Å². The molecule has 3 nitrogen and oxygen atoms in total. The monoisotopic (exact) mass is 336 g/mol. The average molecular weight is 336 g/mol. The van der Waals surface area contributed by atoms with E-state index in [9.17, 15) is 0 Å². The molecule has 3 aromatic rings. The van der Waals surface area contributed by atoms with Crippen molar-refractivity contribution in [3.63, 3.8) is 0 Å². The molecule has 24 heavy (non-hydrogen) atoms. The number of methoxy groups -OCH3 is 1. The van der Waals surface area contributed by atoms with Gasteiger partial charge in [0.2, 0.25) is 0 Å². The van der Waals surface area contributed by atoms with E-state index in [-0.39, 0.29) is 5.54 Å². The van der Waals surface area contributed by atoms with Crippen LogP contribution in [0, 0.1) is 0 Å². The van der Waals surface area contributed by atoms with E-state index in [0.29, 0.717) is 0 Å². The Morgan fingerprint density at radius 1 is 1.12 bits per heavy atom. The number of nitrogens with zero attached hydrogens (tertiary/aromatic N) is 1. The highest BCUT2D eigenvalue weighted by Gasteiger charge is 2.34. The Morgan fingerprint density at radius 2 is 1.96 bits per heavy atom. The molecular formula is C20H20N2OS. The van der Waals surface area contributed by atoms with Crippen LogP contribution in [0.15, 0.2) is 54.6 Å². The summed E-state index contributed by atoms with van der Waals surface area (Å²) in [5, 5.41) is 1.09. The molecule has 0 spiro atoms. The Hall–Kier alpha value is -2.17. The van der Waals surface area contributed by atoms with Crippen LogP contribution in [0.3, 0.4) is 0 Å². The highest BCUT2D eigenvalue weighted by Crippen LogP contribution is 2.40. The van der Waals surface area contributed by atoms with Crippen molar-refractivity contribution in [2.75, 3.05) is 7.11 Å². The van der Waals surface area contributed by atoms with Crippen LogP contribution in [0.25, 0.3) is 10.6 Å². The average Bonchev–Trinajstić information content (AvgIpc) is 3.05. The maximum Gasteiger partial charge on any atom is 0.123 e. The summed E-state index contributed by atoms with van der Waals surface area (Å²) in [4.78, 5) is 6.16. The Kier molecular flexibility index (Phi) is 3.87. The van der Waals surface area contributed by atoms with Crippen LogP contribution in [0.4, 0.5) is 0 Å². The predicted molar refractivity (Wildman–Crippen MR) is 98.4 cm³/mol. The third-order valence-corrected chi connectivity index (χ3v) is 5.87. The molecular weight excluding hydrogens is 316 g/mol. The summed E-state index contributed by atoms with van der Waals surface area (Å²) in [6.45, 7) is 0. The molecule has 4 heteroatoms. The number of aromatic nitrogens is 1. The van der Waals surface area contributed by atoms with Gasteiger partial charge in [-0.1, -0.05) is 42.5 Å². The number of benzene rings is 2. The van der Waals surface area contributed by atoms with Crippen LogP contribution < -0.4 is 10.5 Å². The predicted octanol–water partition coefficient (Wildman–Crippen LogP) is 4.16. The Balaban J connectivity index is 1.67. The van der Waals surface area contributed by atoms with Gasteiger partial charge in [0.1, 0.15) is 10.8 Å². The van der Waals surface area contributed by atoms with Gasteiger partial charge in [0.15, 0.2) is 0 Å². The topological polar surface area (TPSA) is 48.1 Å². The Morgan fingerprint density at radius 3 is 2.75 bits per heavy atom. The van der Waals surface area contributed by atoms with Crippen molar-refractivity contribution in [3.05, 3.63) is 70.7 Å². The molecule has 1 aromatic heterocycles. The number of aryl methyl sites for hydroxylation is 1. The maximum atomic E-state index is 6.79. The maximum absolute atomic E-state index is 6.79. The molecule has 122 valence electrons. The molecule has 1 atom stereocenters. The van der Waals surface area contributed by atoms with Gasteiger partial charge in [-0.25, -0.2) is 4.98 Å². The zero-order valence-electron chi connectivity index (χ0n) is 13.7. The second-order valence-electron chi connectivity index (χ2n) is 6.32. The van der Waals surface area contributed by atoms with Gasteiger partial charge < -0.3 is 10.5 Å². The third-order valence-electron chi connectivity index (χ3n) is 4.73. The summed E-state index contributed by atoms with van der Waals surface area (Å²) < 4.78 is 5.36. The van der Waals surface area contributed by atoms with Crippen LogP contribution in [-0.4, -0.2) is 12.1 Å². The molecule has 0 saturated carbocycles. The van der Waals surface area contributed by atoms with Crippen molar-refractivity contribution in [1.82, 2.24) is 4.98 Å². The number of hydrogen-bond acceptors (Lipinski definition) is 4. The van der Waals surface area contributed by atoms with Crippen LogP contribution in [0.1, 0.15) is 22.6 Å². The van der Waals surface area contributed by atoms with E-state index in [1.54, 1.807) is 18.4 Å². The standard InChI is InChI=1S/C20H20N2OS/c1-23-16-9-5-8-15(12-16)20(21)11-10-17-18(13-20)24-19(22-17)14-6-3-2-4-7-14/h2-9,12H,10-11,13,21H2,1H3. The summed E-state index contributed by atoms with van der Waals surface area (Å²) in [5.41, 5.74) is 9.98. The van der Waals surface area contributed by atoms with Crippen molar-refractivity contribution in [2.45, 2.75) is 24.8 Å². The Labute approximate surface area is 146 Å². The van der Waals surface area contributed by atoms with E-state index >= 15 is 0 Å². The summed E-state index contributed by atoms with van der Waals surface area (Å²) in [5.74, 6) is 0.859. The SMILES string of the molecule is COc1cccc(C2(N)CCc3nc(-c4ccccc4)sc3C2)c1. The molecule has 0 aliphatic heterocycles. The fraction of sp³-hybridized carbons (Fsp3) is 0.250. The van der Waals surface area contributed by atoms with Crippen molar-refractivity contribution in [3.8, 4) is 16.3 Å². The first kappa shape index (κ1) is 15.4. The fourth-order valence-electron chi connectivity index (χ4n) is 3.32. The van der Waals surface area contributed by atoms with E-state index in [2.05, 4.69) is 36.4 Å². The van der Waals surface area contributed by atoms with Gasteiger partial charge in [-0.05, 0) is 30.5 Å². The quantitative estimate of drug-likeness (QED) is 0.781. The first-order valence-corrected chi connectivity index (χ1v) is 8.97. The second kappa shape index (κ2) is 6.04. The minimum absolute atomic E-state index is 0.345. The fourth-order valence-corrected chi connectivity index (χ4v) is 4.55. The van der Waals surface area contributed by atoms with Gasteiger partial charge in [0.25, 0.3) is 0 Å². The number of fused-ring (bicyclic) bond motifs is 1. The first-order chi connectivity index (χ1) is 11.7. The van der Waals surface area contributed by atoms with Crippen LogP contribution >= 0.6 is 11.3 Å². The van der Waals surface area contributed by atoms with E-state index in [0.717, 1.165) is 35.6 Å². The number of nitrogens with two attached hydrogens (primary N) is 1. The minimum atomic E-state index is -0.345. The van der Waals surface area contributed by atoms with Crippen molar-refractivity contribution in [2.24, 2.45) is 5.73 Å². The van der Waals surface area contributed by atoms with Gasteiger partial charge in [-0.2, -0.15) is 0 Å². The molecule has 0 bridgehead atoms. The molecule has 1 unspecified atom stereocenters. The first-order valence-electron chi connectivity index (χ1n) is 8.15. The largest absolute Gasteiger partial charge is 0.497 e. The van der Waals surface area contributed by atoms with Gasteiger partial charge in [0, 0.05) is 22.4 Å². The summed E-state index contributed by atoms with van der Waals surface area (Å²) in [7, 11) is 1.69. The molecule has 0 fully saturated rings. The van der Waals surface area contributed by atoms with Crippen LogP contribution in [-0.2, 0) is 18.4 Å². The van der Waals surface area contributed by atoms with Crippen LogP contribution in [0.5, 0.6) is 5.75 Å². The molecule has 0 radical (unpaired) electrons. The smallest absolute Gasteiger partial charge is 0.123 e. The molecule has 1 aliphatic carbocycles. The Bertz CT molecular complexity index is 859. The highest BCUT2D eigenvalue weighted by atomic mass is 32.1. The summed E-state index contributed by atoms with van der Waals surface area (Å²) in [6, 6.07) is 18.5. The number of ether oxygens (including phenoxy) is 1. The number of hydrogen-bond donors (Lipinski definition) is 1.